The van der Waals surface area contributed by atoms with Crippen LogP contribution in [0, 0.1) is 5.92 Å². The Hall–Kier alpha value is -1.09. The van der Waals surface area contributed by atoms with Gasteiger partial charge in [-0.25, -0.2) is 0 Å². The summed E-state index contributed by atoms with van der Waals surface area (Å²) >= 11 is 0. The standard InChI is InChI=1S/C14H23N3/c1-11-5-4-8-17(12(11)2)14-6-7-16-10-13(14)9-15-3/h6-7,10-12,15H,4-5,8-9H2,1-3H3. The molecule has 0 spiro atoms. The SMILES string of the molecule is CNCc1cnccc1N1CCCC(C)C1C. The molecular weight excluding hydrogens is 210 g/mol. The third-order valence-corrected chi connectivity index (χ3v) is 3.93. The van der Waals surface area contributed by atoms with E-state index in [4.69, 9.17) is 0 Å². The third-order valence-electron chi connectivity index (χ3n) is 3.93. The summed E-state index contributed by atoms with van der Waals surface area (Å²) in [5.41, 5.74) is 2.66. The Labute approximate surface area is 104 Å². The van der Waals surface area contributed by atoms with Crippen LogP contribution >= 0.6 is 0 Å². The number of hydrogen-bond donors (Lipinski definition) is 1. The molecule has 2 unspecified atom stereocenters. The first-order chi connectivity index (χ1) is 8.24. The molecule has 2 rings (SSSR count). The van der Waals surface area contributed by atoms with E-state index in [0.717, 1.165) is 12.5 Å². The highest BCUT2D eigenvalue weighted by molar-refractivity contribution is 5.53. The van der Waals surface area contributed by atoms with Gasteiger partial charge in [-0.05, 0) is 38.8 Å². The Morgan fingerprint density at radius 3 is 3.06 bits per heavy atom. The normalized spacial score (nSPS) is 25.0. The molecular formula is C14H23N3. The molecule has 2 heterocycles. The summed E-state index contributed by atoms with van der Waals surface area (Å²) in [4.78, 5) is 6.78. The Morgan fingerprint density at radius 2 is 2.29 bits per heavy atom. The van der Waals surface area contributed by atoms with E-state index < -0.39 is 0 Å². The highest BCUT2D eigenvalue weighted by atomic mass is 15.2. The molecule has 1 aromatic rings. The maximum atomic E-state index is 4.24. The van der Waals surface area contributed by atoms with Gasteiger partial charge in [0.2, 0.25) is 0 Å². The Bertz CT molecular complexity index is 364. The molecule has 94 valence electrons. The second-order valence-electron chi connectivity index (χ2n) is 5.09. The van der Waals surface area contributed by atoms with Crippen LogP contribution in [0.2, 0.25) is 0 Å². The van der Waals surface area contributed by atoms with Gasteiger partial charge < -0.3 is 10.2 Å². The molecule has 17 heavy (non-hydrogen) atoms. The molecule has 1 aliphatic heterocycles. The highest BCUT2D eigenvalue weighted by Gasteiger charge is 2.25. The van der Waals surface area contributed by atoms with E-state index in [1.807, 2.05) is 19.4 Å². The van der Waals surface area contributed by atoms with Gasteiger partial charge in [0, 0.05) is 42.8 Å². The van der Waals surface area contributed by atoms with E-state index in [1.165, 1.54) is 30.6 Å². The maximum Gasteiger partial charge on any atom is 0.0445 e. The summed E-state index contributed by atoms with van der Waals surface area (Å²) in [6.07, 6.45) is 6.54. The molecule has 3 nitrogen and oxygen atoms in total. The Balaban J connectivity index is 2.25. The molecule has 0 radical (unpaired) electrons. The fraction of sp³-hybridized carbons (Fsp3) is 0.643. The first-order valence-corrected chi connectivity index (χ1v) is 6.58. The molecule has 1 saturated heterocycles. The predicted octanol–water partition coefficient (Wildman–Crippen LogP) is 2.43. The number of nitrogens with one attached hydrogen (secondary N) is 1. The van der Waals surface area contributed by atoms with Gasteiger partial charge in [-0.2, -0.15) is 0 Å². The second kappa shape index (κ2) is 5.50. The number of pyridine rings is 1. The molecule has 1 fully saturated rings. The van der Waals surface area contributed by atoms with Crippen LogP contribution in [0.3, 0.4) is 0 Å². The summed E-state index contributed by atoms with van der Waals surface area (Å²) in [7, 11) is 1.99. The minimum atomic E-state index is 0.627. The summed E-state index contributed by atoms with van der Waals surface area (Å²) in [5, 5.41) is 3.22. The molecule has 1 aromatic heterocycles. The quantitative estimate of drug-likeness (QED) is 0.869. The van der Waals surface area contributed by atoms with E-state index in [0.29, 0.717) is 6.04 Å². The van der Waals surface area contributed by atoms with Crippen molar-refractivity contribution in [2.24, 2.45) is 5.92 Å². The number of rotatable bonds is 3. The van der Waals surface area contributed by atoms with Crippen molar-refractivity contribution in [3.63, 3.8) is 0 Å². The number of nitrogens with zero attached hydrogens (tertiary/aromatic N) is 2. The van der Waals surface area contributed by atoms with E-state index in [9.17, 15) is 0 Å². The number of aromatic nitrogens is 1. The van der Waals surface area contributed by atoms with Gasteiger partial charge in [0.15, 0.2) is 0 Å². The topological polar surface area (TPSA) is 28.2 Å². The van der Waals surface area contributed by atoms with Crippen molar-refractivity contribution in [3.05, 3.63) is 24.0 Å². The lowest BCUT2D eigenvalue weighted by atomic mass is 9.91. The van der Waals surface area contributed by atoms with E-state index in [-0.39, 0.29) is 0 Å². The van der Waals surface area contributed by atoms with Gasteiger partial charge in [-0.1, -0.05) is 6.92 Å². The number of anilines is 1. The molecule has 0 saturated carbocycles. The lowest BCUT2D eigenvalue weighted by molar-refractivity contribution is 0.363. The summed E-state index contributed by atoms with van der Waals surface area (Å²) < 4.78 is 0. The molecule has 1 aliphatic rings. The Morgan fingerprint density at radius 1 is 1.47 bits per heavy atom. The number of hydrogen-bond acceptors (Lipinski definition) is 3. The van der Waals surface area contributed by atoms with Crippen molar-refractivity contribution in [2.45, 2.75) is 39.3 Å². The fourth-order valence-corrected chi connectivity index (χ4v) is 2.70. The highest BCUT2D eigenvalue weighted by Crippen LogP contribution is 2.30. The summed E-state index contributed by atoms with van der Waals surface area (Å²) in [5.74, 6) is 0.777. The van der Waals surface area contributed by atoms with Gasteiger partial charge in [-0.3, -0.25) is 4.98 Å². The zero-order valence-electron chi connectivity index (χ0n) is 11.1. The van der Waals surface area contributed by atoms with Crippen LogP contribution in [0.25, 0.3) is 0 Å². The van der Waals surface area contributed by atoms with E-state index in [2.05, 4.69) is 35.1 Å². The van der Waals surface area contributed by atoms with Crippen molar-refractivity contribution in [3.8, 4) is 0 Å². The van der Waals surface area contributed by atoms with E-state index in [1.54, 1.807) is 0 Å². The van der Waals surface area contributed by atoms with Gasteiger partial charge in [0.05, 0.1) is 0 Å². The minimum absolute atomic E-state index is 0.627. The maximum absolute atomic E-state index is 4.24. The van der Waals surface area contributed by atoms with Crippen LogP contribution in [-0.2, 0) is 6.54 Å². The van der Waals surface area contributed by atoms with Crippen LogP contribution in [0.1, 0.15) is 32.3 Å². The third kappa shape index (κ3) is 2.60. The molecule has 0 amide bonds. The molecule has 0 aromatic carbocycles. The largest absolute Gasteiger partial charge is 0.368 e. The van der Waals surface area contributed by atoms with Crippen LogP contribution in [0.15, 0.2) is 18.5 Å². The van der Waals surface area contributed by atoms with Crippen LogP contribution in [0.4, 0.5) is 5.69 Å². The van der Waals surface area contributed by atoms with Crippen molar-refractivity contribution < 1.29 is 0 Å². The van der Waals surface area contributed by atoms with Crippen LogP contribution in [0.5, 0.6) is 0 Å². The van der Waals surface area contributed by atoms with Gasteiger partial charge >= 0.3 is 0 Å². The molecule has 0 bridgehead atoms. The van der Waals surface area contributed by atoms with Crippen molar-refractivity contribution in [1.29, 1.82) is 0 Å². The lowest BCUT2D eigenvalue weighted by Gasteiger charge is -2.40. The second-order valence-corrected chi connectivity index (χ2v) is 5.09. The molecule has 3 heteroatoms. The zero-order chi connectivity index (χ0) is 12.3. The number of piperidine rings is 1. The van der Waals surface area contributed by atoms with Gasteiger partial charge in [0.1, 0.15) is 0 Å². The first-order valence-electron chi connectivity index (χ1n) is 6.58. The molecule has 0 aliphatic carbocycles. The van der Waals surface area contributed by atoms with Crippen molar-refractivity contribution in [2.75, 3.05) is 18.5 Å². The smallest absolute Gasteiger partial charge is 0.0445 e. The Kier molecular flexibility index (Phi) is 4.00. The first kappa shape index (κ1) is 12.4. The predicted molar refractivity (Wildman–Crippen MR) is 72.2 cm³/mol. The molecule has 2 atom stereocenters. The lowest BCUT2D eigenvalue weighted by Crippen LogP contribution is -2.43. The summed E-state index contributed by atoms with van der Waals surface area (Å²) in [6, 6.07) is 2.78. The average molecular weight is 233 g/mol. The van der Waals surface area contributed by atoms with Crippen LogP contribution < -0.4 is 10.2 Å². The molecule has 1 N–H and O–H groups in total. The van der Waals surface area contributed by atoms with E-state index >= 15 is 0 Å². The van der Waals surface area contributed by atoms with Gasteiger partial charge in [-0.15, -0.1) is 0 Å². The van der Waals surface area contributed by atoms with Crippen LogP contribution in [-0.4, -0.2) is 24.6 Å². The summed E-state index contributed by atoms with van der Waals surface area (Å²) in [6.45, 7) is 6.76. The van der Waals surface area contributed by atoms with Crippen molar-refractivity contribution >= 4 is 5.69 Å². The fourth-order valence-electron chi connectivity index (χ4n) is 2.70. The van der Waals surface area contributed by atoms with Crippen molar-refractivity contribution in [1.82, 2.24) is 10.3 Å². The average Bonchev–Trinajstić information content (AvgIpc) is 2.34. The monoisotopic (exact) mass is 233 g/mol. The minimum Gasteiger partial charge on any atom is -0.368 e. The zero-order valence-corrected chi connectivity index (χ0v) is 11.1. The van der Waals surface area contributed by atoms with Gasteiger partial charge in [0.25, 0.3) is 0 Å².